The number of carbonyl (C=O) groups excluding carboxylic acids is 2. The predicted molar refractivity (Wildman–Crippen MR) is 96.2 cm³/mol. The van der Waals surface area contributed by atoms with E-state index in [2.05, 4.69) is 10.5 Å². The summed E-state index contributed by atoms with van der Waals surface area (Å²) in [5.41, 5.74) is 1.72. The SMILES string of the molecule is Cc1cc(COC(=O)c2ccccc2NC(=O)c2ccc(Cl)cc2)on1. The minimum Gasteiger partial charge on any atom is -0.454 e. The van der Waals surface area contributed by atoms with Crippen LogP contribution in [0.15, 0.2) is 59.1 Å². The number of carbonyl (C=O) groups is 2. The molecule has 7 heteroatoms. The highest BCUT2D eigenvalue weighted by atomic mass is 35.5. The van der Waals surface area contributed by atoms with Crippen LogP contribution in [0.3, 0.4) is 0 Å². The monoisotopic (exact) mass is 370 g/mol. The number of amides is 1. The van der Waals surface area contributed by atoms with Crippen LogP contribution < -0.4 is 5.32 Å². The molecule has 0 aliphatic carbocycles. The second-order valence-corrected chi connectivity index (χ2v) is 5.95. The van der Waals surface area contributed by atoms with Gasteiger partial charge in [-0.05, 0) is 43.3 Å². The van der Waals surface area contributed by atoms with Crippen LogP contribution in [-0.4, -0.2) is 17.0 Å². The van der Waals surface area contributed by atoms with Crippen molar-refractivity contribution in [2.45, 2.75) is 13.5 Å². The normalized spacial score (nSPS) is 10.4. The number of hydrogen-bond donors (Lipinski definition) is 1. The van der Waals surface area contributed by atoms with Crippen LogP contribution in [0.1, 0.15) is 32.2 Å². The Morgan fingerprint density at radius 2 is 1.88 bits per heavy atom. The van der Waals surface area contributed by atoms with Crippen molar-refractivity contribution in [1.29, 1.82) is 0 Å². The Bertz CT molecular complexity index is 935. The van der Waals surface area contributed by atoms with Crippen molar-refractivity contribution < 1.29 is 18.8 Å². The van der Waals surface area contributed by atoms with E-state index in [1.165, 1.54) is 0 Å². The number of esters is 1. The Kier molecular flexibility index (Phi) is 5.34. The molecule has 132 valence electrons. The zero-order valence-electron chi connectivity index (χ0n) is 13.9. The zero-order valence-corrected chi connectivity index (χ0v) is 14.6. The van der Waals surface area contributed by atoms with Crippen molar-refractivity contribution in [3.63, 3.8) is 0 Å². The molecular weight excluding hydrogens is 356 g/mol. The fourth-order valence-electron chi connectivity index (χ4n) is 2.26. The summed E-state index contributed by atoms with van der Waals surface area (Å²) < 4.78 is 10.2. The van der Waals surface area contributed by atoms with Gasteiger partial charge in [0.05, 0.1) is 16.9 Å². The first kappa shape index (κ1) is 17.7. The number of anilines is 1. The fourth-order valence-corrected chi connectivity index (χ4v) is 2.39. The van der Waals surface area contributed by atoms with Crippen molar-refractivity contribution in [2.75, 3.05) is 5.32 Å². The number of nitrogens with zero attached hydrogens (tertiary/aromatic N) is 1. The van der Waals surface area contributed by atoms with Crippen LogP contribution in [0.5, 0.6) is 0 Å². The molecule has 0 saturated carbocycles. The highest BCUT2D eigenvalue weighted by Gasteiger charge is 2.16. The maximum atomic E-state index is 12.4. The number of benzene rings is 2. The zero-order chi connectivity index (χ0) is 18.5. The molecule has 0 aliphatic rings. The third-order valence-corrected chi connectivity index (χ3v) is 3.78. The van der Waals surface area contributed by atoms with Gasteiger partial charge in [0.2, 0.25) is 0 Å². The van der Waals surface area contributed by atoms with Gasteiger partial charge < -0.3 is 14.6 Å². The van der Waals surface area contributed by atoms with E-state index >= 15 is 0 Å². The molecule has 1 N–H and O–H groups in total. The lowest BCUT2D eigenvalue weighted by atomic mass is 10.1. The molecule has 0 radical (unpaired) electrons. The van der Waals surface area contributed by atoms with Gasteiger partial charge in [0.1, 0.15) is 0 Å². The molecule has 6 nitrogen and oxygen atoms in total. The van der Waals surface area contributed by atoms with Crippen molar-refractivity contribution in [2.24, 2.45) is 0 Å². The van der Waals surface area contributed by atoms with Crippen molar-refractivity contribution >= 4 is 29.2 Å². The van der Waals surface area contributed by atoms with Gasteiger partial charge in [-0.2, -0.15) is 0 Å². The molecule has 3 aromatic rings. The first-order valence-electron chi connectivity index (χ1n) is 7.78. The topological polar surface area (TPSA) is 81.4 Å². The van der Waals surface area contributed by atoms with Gasteiger partial charge >= 0.3 is 5.97 Å². The van der Waals surface area contributed by atoms with Crippen LogP contribution in [0.4, 0.5) is 5.69 Å². The fraction of sp³-hybridized carbons (Fsp3) is 0.105. The number of rotatable bonds is 5. The Morgan fingerprint density at radius 3 is 2.58 bits per heavy atom. The van der Waals surface area contributed by atoms with E-state index < -0.39 is 5.97 Å². The van der Waals surface area contributed by atoms with Gasteiger partial charge in [-0.3, -0.25) is 4.79 Å². The van der Waals surface area contributed by atoms with Crippen molar-refractivity contribution in [1.82, 2.24) is 5.16 Å². The first-order chi connectivity index (χ1) is 12.5. The lowest BCUT2D eigenvalue weighted by molar-refractivity contribution is 0.0438. The minimum atomic E-state index is -0.578. The Labute approximate surface area is 154 Å². The molecule has 2 aromatic carbocycles. The molecule has 1 amide bonds. The number of para-hydroxylation sites is 1. The average molecular weight is 371 g/mol. The highest BCUT2D eigenvalue weighted by molar-refractivity contribution is 6.30. The Balaban J connectivity index is 1.71. The molecule has 0 saturated heterocycles. The van der Waals surface area contributed by atoms with Crippen molar-refractivity contribution in [3.05, 3.63) is 82.2 Å². The lowest BCUT2D eigenvalue weighted by Gasteiger charge is -2.10. The number of aryl methyl sites for hydroxylation is 1. The van der Waals surface area contributed by atoms with Gasteiger partial charge in [0.15, 0.2) is 12.4 Å². The molecule has 0 bridgehead atoms. The summed E-state index contributed by atoms with van der Waals surface area (Å²) in [6.07, 6.45) is 0. The number of aromatic nitrogens is 1. The third kappa shape index (κ3) is 4.29. The number of halogens is 1. The van der Waals surface area contributed by atoms with E-state index in [1.54, 1.807) is 61.5 Å². The van der Waals surface area contributed by atoms with E-state index in [4.69, 9.17) is 20.9 Å². The van der Waals surface area contributed by atoms with E-state index in [0.717, 1.165) is 0 Å². The second kappa shape index (κ2) is 7.84. The second-order valence-electron chi connectivity index (χ2n) is 5.52. The Hall–Kier alpha value is -3.12. The highest BCUT2D eigenvalue weighted by Crippen LogP contribution is 2.19. The summed E-state index contributed by atoms with van der Waals surface area (Å²) in [4.78, 5) is 24.7. The molecule has 3 rings (SSSR count). The summed E-state index contributed by atoms with van der Waals surface area (Å²) in [5.74, 6) is -0.489. The third-order valence-electron chi connectivity index (χ3n) is 3.52. The van der Waals surface area contributed by atoms with E-state index in [-0.39, 0.29) is 18.1 Å². The van der Waals surface area contributed by atoms with Gasteiger partial charge in [0, 0.05) is 16.7 Å². The maximum absolute atomic E-state index is 12.4. The molecule has 26 heavy (non-hydrogen) atoms. The Morgan fingerprint density at radius 1 is 1.15 bits per heavy atom. The first-order valence-corrected chi connectivity index (χ1v) is 8.16. The molecule has 0 atom stereocenters. The number of hydrogen-bond acceptors (Lipinski definition) is 5. The average Bonchev–Trinajstić information content (AvgIpc) is 3.06. The molecule has 1 heterocycles. The molecule has 0 spiro atoms. The van der Waals surface area contributed by atoms with Crippen LogP contribution in [0.25, 0.3) is 0 Å². The number of nitrogens with one attached hydrogen (secondary N) is 1. The van der Waals surface area contributed by atoms with Crippen LogP contribution in [-0.2, 0) is 11.3 Å². The van der Waals surface area contributed by atoms with Gasteiger partial charge in [-0.1, -0.05) is 28.9 Å². The summed E-state index contributed by atoms with van der Waals surface area (Å²) in [6.45, 7) is 1.73. The molecule has 1 aromatic heterocycles. The number of ether oxygens (including phenoxy) is 1. The maximum Gasteiger partial charge on any atom is 0.340 e. The van der Waals surface area contributed by atoms with E-state index in [1.807, 2.05) is 0 Å². The van der Waals surface area contributed by atoms with Gasteiger partial charge in [-0.15, -0.1) is 0 Å². The summed E-state index contributed by atoms with van der Waals surface area (Å²) in [7, 11) is 0. The summed E-state index contributed by atoms with van der Waals surface area (Å²) in [5, 5.41) is 6.98. The van der Waals surface area contributed by atoms with E-state index in [9.17, 15) is 9.59 Å². The molecule has 0 unspecified atom stereocenters. The van der Waals surface area contributed by atoms with Gasteiger partial charge in [-0.25, -0.2) is 4.79 Å². The smallest absolute Gasteiger partial charge is 0.340 e. The molecule has 0 aliphatic heterocycles. The molecule has 0 fully saturated rings. The van der Waals surface area contributed by atoms with Crippen LogP contribution >= 0.6 is 11.6 Å². The lowest BCUT2D eigenvalue weighted by Crippen LogP contribution is -2.15. The summed E-state index contributed by atoms with van der Waals surface area (Å²) in [6, 6.07) is 14.7. The van der Waals surface area contributed by atoms with E-state index in [0.29, 0.717) is 27.7 Å². The van der Waals surface area contributed by atoms with Gasteiger partial charge in [0.25, 0.3) is 5.91 Å². The summed E-state index contributed by atoms with van der Waals surface area (Å²) >= 11 is 5.83. The largest absolute Gasteiger partial charge is 0.454 e. The van der Waals surface area contributed by atoms with Crippen LogP contribution in [0, 0.1) is 6.92 Å². The minimum absolute atomic E-state index is 0.0425. The van der Waals surface area contributed by atoms with Crippen LogP contribution in [0.2, 0.25) is 5.02 Å². The quantitative estimate of drug-likeness (QED) is 0.679. The standard InChI is InChI=1S/C19H15ClN2O4/c1-12-10-15(26-22-12)11-25-19(24)16-4-2-3-5-17(16)21-18(23)13-6-8-14(20)9-7-13/h2-10H,11H2,1H3,(H,21,23). The van der Waals surface area contributed by atoms with Crippen molar-refractivity contribution in [3.8, 4) is 0 Å². The molecular formula is C19H15ClN2O4. The predicted octanol–water partition coefficient (Wildman–Crippen LogP) is 4.25.